The quantitative estimate of drug-likeness (QED) is 0.580. The van der Waals surface area contributed by atoms with Gasteiger partial charge in [0.2, 0.25) is 5.82 Å². The lowest BCUT2D eigenvalue weighted by molar-refractivity contribution is 0.0718. The molecule has 1 atom stereocenters. The van der Waals surface area contributed by atoms with Crippen molar-refractivity contribution < 1.29 is 9.18 Å². The number of imidazole rings is 1. The maximum atomic E-state index is 13.2. The van der Waals surface area contributed by atoms with Crippen LogP contribution in [0.4, 0.5) is 4.39 Å². The lowest BCUT2D eigenvalue weighted by Gasteiger charge is -2.21. The van der Waals surface area contributed by atoms with E-state index in [1.54, 1.807) is 28.6 Å². The van der Waals surface area contributed by atoms with Crippen molar-refractivity contribution in [1.82, 2.24) is 29.6 Å². The number of rotatable bonds is 3. The number of hydrogen-bond acceptors (Lipinski definition) is 4. The van der Waals surface area contributed by atoms with Crippen molar-refractivity contribution in [2.45, 2.75) is 25.8 Å². The number of para-hydroxylation sites is 2. The summed E-state index contributed by atoms with van der Waals surface area (Å²) in [7, 11) is 0. The van der Waals surface area contributed by atoms with Crippen LogP contribution in [0.1, 0.15) is 41.2 Å². The van der Waals surface area contributed by atoms with Gasteiger partial charge in [0.05, 0.1) is 22.8 Å². The summed E-state index contributed by atoms with van der Waals surface area (Å²) in [5, 5.41) is 4.39. The van der Waals surface area contributed by atoms with Gasteiger partial charge in [-0.2, -0.15) is 0 Å². The number of benzene rings is 2. The number of aromatic nitrogens is 5. The molecule has 5 rings (SSSR count). The first-order chi connectivity index (χ1) is 14.1. The molecule has 0 saturated carbocycles. The highest BCUT2D eigenvalue weighted by Crippen LogP contribution is 2.32. The minimum Gasteiger partial charge on any atom is -0.340 e. The van der Waals surface area contributed by atoms with Crippen LogP contribution in [0.3, 0.4) is 0 Å². The molecule has 4 aromatic rings. The van der Waals surface area contributed by atoms with Crippen molar-refractivity contribution in [3.63, 3.8) is 0 Å². The van der Waals surface area contributed by atoms with E-state index in [9.17, 15) is 9.18 Å². The van der Waals surface area contributed by atoms with Crippen molar-refractivity contribution in [3.05, 3.63) is 71.8 Å². The summed E-state index contributed by atoms with van der Waals surface area (Å²) in [5.41, 5.74) is 2.50. The predicted octanol–water partition coefficient (Wildman–Crippen LogP) is 3.57. The minimum atomic E-state index is -0.325. The van der Waals surface area contributed by atoms with Gasteiger partial charge < -0.3 is 9.88 Å². The fraction of sp³-hybridized carbons (Fsp3) is 0.238. The van der Waals surface area contributed by atoms with Crippen LogP contribution in [0.25, 0.3) is 16.7 Å². The Labute approximate surface area is 166 Å². The van der Waals surface area contributed by atoms with Gasteiger partial charge in [-0.05, 0) is 56.2 Å². The number of aromatic amines is 1. The number of likely N-dealkylation sites (tertiary alicyclic amines) is 1. The Morgan fingerprint density at radius 1 is 1.14 bits per heavy atom. The van der Waals surface area contributed by atoms with Gasteiger partial charge in [-0.1, -0.05) is 12.1 Å². The molecule has 1 saturated heterocycles. The predicted molar refractivity (Wildman–Crippen MR) is 105 cm³/mol. The molecule has 0 aliphatic carbocycles. The normalized spacial score (nSPS) is 16.6. The highest BCUT2D eigenvalue weighted by Gasteiger charge is 2.34. The zero-order chi connectivity index (χ0) is 20.0. The number of nitrogens with zero attached hydrogens (tertiary/aromatic N) is 5. The Hall–Kier alpha value is -3.55. The van der Waals surface area contributed by atoms with Crippen LogP contribution in [0.5, 0.6) is 0 Å². The lowest BCUT2D eigenvalue weighted by atomic mass is 10.2. The summed E-state index contributed by atoms with van der Waals surface area (Å²) in [6.07, 6.45) is 1.73. The number of aryl methyl sites for hydroxylation is 1. The van der Waals surface area contributed by atoms with E-state index >= 15 is 0 Å². The molecule has 0 spiro atoms. The number of fused-ring (bicyclic) bond motifs is 1. The maximum Gasteiger partial charge on any atom is 0.294 e. The van der Waals surface area contributed by atoms with Gasteiger partial charge in [0.15, 0.2) is 0 Å². The van der Waals surface area contributed by atoms with E-state index in [4.69, 9.17) is 0 Å². The second-order valence-corrected chi connectivity index (χ2v) is 7.17. The van der Waals surface area contributed by atoms with Gasteiger partial charge in [-0.3, -0.25) is 4.79 Å². The second kappa shape index (κ2) is 6.80. The Kier molecular flexibility index (Phi) is 4.12. The lowest BCUT2D eigenvalue weighted by Crippen LogP contribution is -2.32. The number of nitrogens with one attached hydrogen (secondary N) is 1. The molecule has 1 N–H and O–H groups in total. The molecule has 146 valence electrons. The number of halogens is 1. The van der Waals surface area contributed by atoms with Gasteiger partial charge in [0, 0.05) is 6.54 Å². The first kappa shape index (κ1) is 17.5. The van der Waals surface area contributed by atoms with Gasteiger partial charge in [-0.25, -0.2) is 19.0 Å². The first-order valence-electron chi connectivity index (χ1n) is 9.55. The summed E-state index contributed by atoms with van der Waals surface area (Å²) >= 11 is 0. The van der Waals surface area contributed by atoms with Crippen molar-refractivity contribution in [1.29, 1.82) is 0 Å². The second-order valence-electron chi connectivity index (χ2n) is 7.17. The third-order valence-electron chi connectivity index (χ3n) is 5.27. The molecule has 1 amide bonds. The van der Waals surface area contributed by atoms with Gasteiger partial charge in [-0.15, -0.1) is 5.10 Å². The fourth-order valence-electron chi connectivity index (χ4n) is 3.86. The molecule has 7 nitrogen and oxygen atoms in total. The van der Waals surface area contributed by atoms with Crippen LogP contribution in [0.15, 0.2) is 48.5 Å². The monoisotopic (exact) mass is 390 g/mol. The average molecular weight is 390 g/mol. The number of amides is 1. The van der Waals surface area contributed by atoms with Crippen molar-refractivity contribution in [3.8, 4) is 5.69 Å². The standard InChI is InChI=1S/C21H19FN6O/c1-13-23-20(26-28(13)15-10-8-14(22)9-11-15)21(29)27-12-4-7-18(27)19-24-16-5-2-3-6-17(16)25-19/h2-3,5-6,8-11,18H,4,7,12H2,1H3,(H,24,25)/t18-/m0/s1. The van der Waals surface area contributed by atoms with Crippen LogP contribution < -0.4 is 0 Å². The van der Waals surface area contributed by atoms with E-state index < -0.39 is 0 Å². The molecule has 8 heteroatoms. The third-order valence-corrected chi connectivity index (χ3v) is 5.27. The topological polar surface area (TPSA) is 79.7 Å². The fourth-order valence-corrected chi connectivity index (χ4v) is 3.86. The Morgan fingerprint density at radius 2 is 1.93 bits per heavy atom. The summed E-state index contributed by atoms with van der Waals surface area (Å²) in [6, 6.07) is 13.6. The molecule has 29 heavy (non-hydrogen) atoms. The Balaban J connectivity index is 1.45. The van der Waals surface area contributed by atoms with Gasteiger partial charge >= 0.3 is 0 Å². The van der Waals surface area contributed by atoms with Crippen LogP contribution in [-0.2, 0) is 0 Å². The van der Waals surface area contributed by atoms with Crippen LogP contribution in [0.2, 0.25) is 0 Å². The minimum absolute atomic E-state index is 0.132. The van der Waals surface area contributed by atoms with E-state index in [1.165, 1.54) is 12.1 Å². The molecule has 1 aliphatic rings. The molecule has 0 unspecified atom stereocenters. The van der Waals surface area contributed by atoms with Gasteiger partial charge in [0.1, 0.15) is 17.5 Å². The Bertz CT molecular complexity index is 1160. The van der Waals surface area contributed by atoms with E-state index in [0.717, 1.165) is 29.7 Å². The van der Waals surface area contributed by atoms with Crippen molar-refractivity contribution >= 4 is 16.9 Å². The van der Waals surface area contributed by atoms with Crippen molar-refractivity contribution in [2.75, 3.05) is 6.54 Å². The summed E-state index contributed by atoms with van der Waals surface area (Å²) in [5.74, 6) is 0.937. The first-order valence-corrected chi connectivity index (χ1v) is 9.55. The zero-order valence-corrected chi connectivity index (χ0v) is 15.8. The molecule has 1 aliphatic heterocycles. The Morgan fingerprint density at radius 3 is 2.72 bits per heavy atom. The average Bonchev–Trinajstić information content (AvgIpc) is 3.45. The number of carbonyl (C=O) groups is 1. The number of H-pyrrole nitrogens is 1. The third kappa shape index (κ3) is 3.06. The molecule has 3 heterocycles. The van der Waals surface area contributed by atoms with E-state index in [1.807, 2.05) is 24.3 Å². The molecular formula is C21H19FN6O. The van der Waals surface area contributed by atoms with Crippen molar-refractivity contribution in [2.24, 2.45) is 0 Å². The smallest absolute Gasteiger partial charge is 0.294 e. The summed E-state index contributed by atoms with van der Waals surface area (Å²) in [4.78, 5) is 27.3. The van der Waals surface area contributed by atoms with Crippen LogP contribution in [0, 0.1) is 12.7 Å². The van der Waals surface area contributed by atoms with E-state index in [2.05, 4.69) is 20.1 Å². The van der Waals surface area contributed by atoms with Crippen LogP contribution in [-0.4, -0.2) is 42.1 Å². The highest BCUT2D eigenvalue weighted by atomic mass is 19.1. The molecule has 2 aromatic carbocycles. The molecule has 0 radical (unpaired) electrons. The van der Waals surface area contributed by atoms with Gasteiger partial charge in [0.25, 0.3) is 5.91 Å². The summed E-state index contributed by atoms with van der Waals surface area (Å²) < 4.78 is 14.8. The van der Waals surface area contributed by atoms with E-state index in [-0.39, 0.29) is 23.6 Å². The molecule has 2 aromatic heterocycles. The SMILES string of the molecule is Cc1nc(C(=O)N2CCC[C@H]2c2nc3ccccc3[nH]2)nn1-c1ccc(F)cc1. The molecule has 0 bridgehead atoms. The molecule has 1 fully saturated rings. The number of carbonyl (C=O) groups excluding carboxylic acids is 1. The zero-order valence-electron chi connectivity index (χ0n) is 15.8. The van der Waals surface area contributed by atoms with Crippen LogP contribution >= 0.6 is 0 Å². The van der Waals surface area contributed by atoms with E-state index in [0.29, 0.717) is 18.1 Å². The molecular weight excluding hydrogens is 371 g/mol. The largest absolute Gasteiger partial charge is 0.340 e. The highest BCUT2D eigenvalue weighted by molar-refractivity contribution is 5.91. The summed E-state index contributed by atoms with van der Waals surface area (Å²) in [6.45, 7) is 2.40. The number of hydrogen-bond donors (Lipinski definition) is 1. The maximum absolute atomic E-state index is 13.2.